The van der Waals surface area contributed by atoms with Crippen molar-refractivity contribution in [2.75, 3.05) is 31.0 Å². The van der Waals surface area contributed by atoms with Crippen LogP contribution in [0.1, 0.15) is 10.7 Å². The highest BCUT2D eigenvalue weighted by atomic mass is 32.2. The van der Waals surface area contributed by atoms with E-state index in [1.54, 1.807) is 0 Å². The molecule has 0 saturated carbocycles. The maximum Gasteiger partial charge on any atom is 0.316 e. The molecule has 2 aromatic heterocycles. The summed E-state index contributed by atoms with van der Waals surface area (Å²) in [5.74, 6) is -2.85. The summed E-state index contributed by atoms with van der Waals surface area (Å²) < 4.78 is 63.6. The molecule has 1 aliphatic rings. The SMILES string of the molecule is O=C(c1nc(-c2csc(S(=O)(=O)Nc3ccc(F)c(F)c3)c2)no1)N1CCOCC1. The van der Waals surface area contributed by atoms with Crippen LogP contribution in [0, 0.1) is 11.6 Å². The van der Waals surface area contributed by atoms with Crippen molar-refractivity contribution in [3.8, 4) is 11.4 Å². The van der Waals surface area contributed by atoms with Gasteiger partial charge < -0.3 is 14.2 Å². The number of halogens is 2. The number of rotatable bonds is 5. The second-order valence-corrected chi connectivity index (χ2v) is 9.04. The molecule has 30 heavy (non-hydrogen) atoms. The number of morpholine rings is 1. The Morgan fingerprint density at radius 3 is 2.67 bits per heavy atom. The summed E-state index contributed by atoms with van der Waals surface area (Å²) in [6.07, 6.45) is 0. The zero-order valence-electron chi connectivity index (χ0n) is 15.2. The predicted molar refractivity (Wildman–Crippen MR) is 102 cm³/mol. The van der Waals surface area contributed by atoms with E-state index in [9.17, 15) is 22.0 Å². The van der Waals surface area contributed by atoms with Crippen LogP contribution in [0.4, 0.5) is 14.5 Å². The normalized spacial score (nSPS) is 14.7. The van der Waals surface area contributed by atoms with Crippen LogP contribution in [0.5, 0.6) is 0 Å². The molecule has 1 fully saturated rings. The topological polar surface area (TPSA) is 115 Å². The van der Waals surface area contributed by atoms with Crippen molar-refractivity contribution in [3.05, 3.63) is 47.2 Å². The average molecular weight is 456 g/mol. The maximum absolute atomic E-state index is 13.3. The van der Waals surface area contributed by atoms with Gasteiger partial charge in [0, 0.05) is 30.1 Å². The van der Waals surface area contributed by atoms with E-state index < -0.39 is 27.6 Å². The molecular formula is C17H14F2N4O5S2. The zero-order valence-corrected chi connectivity index (χ0v) is 16.8. The minimum atomic E-state index is -4.05. The molecule has 4 rings (SSSR count). The molecule has 0 spiro atoms. The van der Waals surface area contributed by atoms with E-state index >= 15 is 0 Å². The standard InChI is InChI=1S/C17H14F2N4O5S2/c18-12-2-1-11(8-13(12)19)22-30(25,26)14-7-10(9-29-14)15-20-16(28-21-15)17(24)23-3-5-27-6-4-23/h1-2,7-9,22H,3-6H2. The van der Waals surface area contributed by atoms with Gasteiger partial charge in [0.1, 0.15) is 4.21 Å². The smallest absolute Gasteiger partial charge is 0.316 e. The molecule has 3 aromatic rings. The molecule has 1 amide bonds. The highest BCUT2D eigenvalue weighted by molar-refractivity contribution is 7.94. The largest absolute Gasteiger partial charge is 0.378 e. The van der Waals surface area contributed by atoms with E-state index in [-0.39, 0.29) is 21.6 Å². The molecular weight excluding hydrogens is 442 g/mol. The van der Waals surface area contributed by atoms with Crippen molar-refractivity contribution in [3.63, 3.8) is 0 Å². The van der Waals surface area contributed by atoms with E-state index in [2.05, 4.69) is 14.9 Å². The van der Waals surface area contributed by atoms with Gasteiger partial charge >= 0.3 is 11.8 Å². The van der Waals surface area contributed by atoms with Crippen molar-refractivity contribution in [2.24, 2.45) is 0 Å². The first kappa shape index (κ1) is 20.4. The van der Waals surface area contributed by atoms with Gasteiger partial charge in [-0.15, -0.1) is 11.3 Å². The van der Waals surface area contributed by atoms with Gasteiger partial charge in [0.05, 0.1) is 18.9 Å². The van der Waals surface area contributed by atoms with Gasteiger partial charge in [0.25, 0.3) is 10.0 Å². The summed E-state index contributed by atoms with van der Waals surface area (Å²) in [6.45, 7) is 1.66. The quantitative estimate of drug-likeness (QED) is 0.627. The number of hydrogen-bond acceptors (Lipinski definition) is 8. The van der Waals surface area contributed by atoms with Crippen molar-refractivity contribution in [1.29, 1.82) is 0 Å². The average Bonchev–Trinajstić information content (AvgIpc) is 3.40. The predicted octanol–water partition coefficient (Wildman–Crippen LogP) is 2.35. The molecule has 0 radical (unpaired) electrons. The number of nitrogens with zero attached hydrogens (tertiary/aromatic N) is 3. The molecule has 0 bridgehead atoms. The van der Waals surface area contributed by atoms with E-state index in [4.69, 9.17) is 9.26 Å². The fourth-order valence-corrected chi connectivity index (χ4v) is 4.88. The van der Waals surface area contributed by atoms with E-state index in [1.807, 2.05) is 0 Å². The van der Waals surface area contributed by atoms with Crippen molar-refractivity contribution < 1.29 is 31.3 Å². The summed E-state index contributed by atoms with van der Waals surface area (Å²) in [5.41, 5.74) is 0.206. The highest BCUT2D eigenvalue weighted by Crippen LogP contribution is 2.28. The molecule has 158 valence electrons. The van der Waals surface area contributed by atoms with Gasteiger partial charge in [0.15, 0.2) is 11.6 Å². The van der Waals surface area contributed by atoms with Crippen LogP contribution < -0.4 is 4.72 Å². The zero-order chi connectivity index (χ0) is 21.3. The lowest BCUT2D eigenvalue weighted by molar-refractivity contribution is 0.0272. The lowest BCUT2D eigenvalue weighted by Crippen LogP contribution is -2.40. The first-order valence-corrected chi connectivity index (χ1v) is 11.0. The first-order chi connectivity index (χ1) is 14.3. The summed E-state index contributed by atoms with van der Waals surface area (Å²) in [5, 5.41) is 5.22. The third-order valence-electron chi connectivity index (χ3n) is 4.18. The first-order valence-electron chi connectivity index (χ1n) is 8.61. The van der Waals surface area contributed by atoms with Gasteiger partial charge in [0.2, 0.25) is 5.82 Å². The Morgan fingerprint density at radius 1 is 1.17 bits per heavy atom. The number of amides is 1. The minimum absolute atomic E-state index is 0.0529. The number of carbonyl (C=O) groups is 1. The van der Waals surface area contributed by atoms with Crippen LogP contribution in [0.2, 0.25) is 0 Å². The van der Waals surface area contributed by atoms with Crippen molar-refractivity contribution in [1.82, 2.24) is 15.0 Å². The molecule has 0 unspecified atom stereocenters. The fraction of sp³-hybridized carbons (Fsp3) is 0.235. The number of thiophene rings is 1. The summed E-state index contributed by atoms with van der Waals surface area (Å²) >= 11 is 0.872. The Hall–Kier alpha value is -2.90. The number of carbonyl (C=O) groups excluding carboxylic acids is 1. The summed E-state index contributed by atoms with van der Waals surface area (Å²) in [4.78, 5) is 17.9. The third-order valence-corrected chi connectivity index (χ3v) is 7.00. The Labute approximate surface area is 173 Å². The third kappa shape index (κ3) is 4.17. The number of aromatic nitrogens is 2. The monoisotopic (exact) mass is 456 g/mol. The van der Waals surface area contributed by atoms with Crippen LogP contribution in [0.3, 0.4) is 0 Å². The number of anilines is 1. The molecule has 1 aromatic carbocycles. The number of sulfonamides is 1. The Morgan fingerprint density at radius 2 is 1.93 bits per heavy atom. The molecule has 9 nitrogen and oxygen atoms in total. The molecule has 1 N–H and O–H groups in total. The Kier molecular flexibility index (Phi) is 5.49. The van der Waals surface area contributed by atoms with Gasteiger partial charge in [-0.2, -0.15) is 4.98 Å². The van der Waals surface area contributed by atoms with Crippen molar-refractivity contribution in [2.45, 2.75) is 4.21 Å². The van der Waals surface area contributed by atoms with Crippen LogP contribution >= 0.6 is 11.3 Å². The fourth-order valence-electron chi connectivity index (χ4n) is 2.67. The second-order valence-electron chi connectivity index (χ2n) is 6.22. The maximum atomic E-state index is 13.3. The van der Waals surface area contributed by atoms with Crippen LogP contribution in [-0.4, -0.2) is 55.7 Å². The highest BCUT2D eigenvalue weighted by Gasteiger charge is 2.25. The summed E-state index contributed by atoms with van der Waals surface area (Å²) in [7, 11) is -4.05. The molecule has 1 saturated heterocycles. The number of ether oxygens (including phenoxy) is 1. The summed E-state index contributed by atoms with van der Waals surface area (Å²) in [6, 6.07) is 3.96. The Balaban J connectivity index is 1.51. The molecule has 13 heteroatoms. The Bertz CT molecular complexity index is 1190. The van der Waals surface area contributed by atoms with Gasteiger partial charge in [-0.1, -0.05) is 5.16 Å². The second kappa shape index (κ2) is 8.08. The van der Waals surface area contributed by atoms with E-state index in [0.29, 0.717) is 31.9 Å². The molecule has 0 aliphatic carbocycles. The van der Waals surface area contributed by atoms with Gasteiger partial charge in [-0.25, -0.2) is 17.2 Å². The van der Waals surface area contributed by atoms with Crippen molar-refractivity contribution >= 4 is 33.0 Å². The van der Waals surface area contributed by atoms with Crippen LogP contribution in [0.15, 0.2) is 38.4 Å². The van der Waals surface area contributed by atoms with Crippen LogP contribution in [-0.2, 0) is 14.8 Å². The molecule has 0 atom stereocenters. The lowest BCUT2D eigenvalue weighted by atomic mass is 10.3. The van der Waals surface area contributed by atoms with Gasteiger partial charge in [-0.3, -0.25) is 9.52 Å². The minimum Gasteiger partial charge on any atom is -0.378 e. The van der Waals surface area contributed by atoms with Gasteiger partial charge in [-0.05, 0) is 18.2 Å². The number of nitrogens with one attached hydrogen (secondary N) is 1. The lowest BCUT2D eigenvalue weighted by Gasteiger charge is -2.25. The molecule has 3 heterocycles. The van der Waals surface area contributed by atoms with E-state index in [1.165, 1.54) is 16.3 Å². The number of benzene rings is 1. The van der Waals surface area contributed by atoms with Crippen LogP contribution in [0.25, 0.3) is 11.4 Å². The van der Waals surface area contributed by atoms with E-state index in [0.717, 1.165) is 29.5 Å². The number of hydrogen-bond donors (Lipinski definition) is 1. The molecule has 1 aliphatic heterocycles.